The van der Waals surface area contributed by atoms with Crippen molar-refractivity contribution in [2.75, 3.05) is 18.0 Å². The molecular weight excluding hydrogens is 235 g/mol. The van der Waals surface area contributed by atoms with Crippen LogP contribution in [0.1, 0.15) is 13.3 Å². The molecule has 0 saturated carbocycles. The first-order valence-corrected chi connectivity index (χ1v) is 4.47. The van der Waals surface area contributed by atoms with Gasteiger partial charge in [0.15, 0.2) is 0 Å². The SMILES string of the molecule is [CH2-]CCN(CC)c1ccccc1.[Y+3]. The minimum atomic E-state index is 0. The Morgan fingerprint density at radius 1 is 1.23 bits per heavy atom. The van der Waals surface area contributed by atoms with Gasteiger partial charge in [-0.2, -0.15) is 6.42 Å². The van der Waals surface area contributed by atoms with Crippen LogP contribution in [0.5, 0.6) is 0 Å². The van der Waals surface area contributed by atoms with Crippen molar-refractivity contribution in [2.24, 2.45) is 0 Å². The Balaban J connectivity index is 0.00000144. The van der Waals surface area contributed by atoms with Crippen molar-refractivity contribution in [1.29, 1.82) is 0 Å². The first-order valence-electron chi connectivity index (χ1n) is 4.47. The zero-order valence-corrected chi connectivity index (χ0v) is 11.1. The molecule has 1 nitrogen and oxygen atoms in total. The van der Waals surface area contributed by atoms with E-state index in [1.807, 2.05) is 6.07 Å². The number of benzene rings is 1. The molecule has 0 aliphatic rings. The van der Waals surface area contributed by atoms with E-state index in [0.29, 0.717) is 0 Å². The van der Waals surface area contributed by atoms with Gasteiger partial charge in [0.1, 0.15) is 0 Å². The van der Waals surface area contributed by atoms with Crippen LogP contribution in [0.2, 0.25) is 0 Å². The van der Waals surface area contributed by atoms with Crippen molar-refractivity contribution in [2.45, 2.75) is 13.3 Å². The summed E-state index contributed by atoms with van der Waals surface area (Å²) in [5, 5.41) is 0. The van der Waals surface area contributed by atoms with Gasteiger partial charge in [-0.1, -0.05) is 18.2 Å². The second kappa shape index (κ2) is 7.52. The van der Waals surface area contributed by atoms with E-state index in [2.05, 4.69) is 43.0 Å². The Kier molecular flexibility index (Phi) is 7.59. The van der Waals surface area contributed by atoms with Gasteiger partial charge >= 0.3 is 32.7 Å². The number of hydrogen-bond donors (Lipinski definition) is 0. The van der Waals surface area contributed by atoms with Gasteiger partial charge in [-0.05, 0) is 25.6 Å². The zero-order valence-electron chi connectivity index (χ0n) is 8.24. The molecule has 0 atom stereocenters. The summed E-state index contributed by atoms with van der Waals surface area (Å²) in [6, 6.07) is 10.5. The number of rotatable bonds is 4. The molecule has 66 valence electrons. The first kappa shape index (κ1) is 13.1. The fraction of sp³-hybridized carbons (Fsp3) is 0.364. The molecule has 0 N–H and O–H groups in total. The van der Waals surface area contributed by atoms with Crippen LogP contribution < -0.4 is 4.90 Å². The Morgan fingerprint density at radius 3 is 2.31 bits per heavy atom. The Morgan fingerprint density at radius 2 is 1.85 bits per heavy atom. The zero-order chi connectivity index (χ0) is 8.81. The average molecular weight is 251 g/mol. The minimum absolute atomic E-state index is 0. The Bertz CT molecular complexity index is 211. The van der Waals surface area contributed by atoms with Gasteiger partial charge < -0.3 is 11.8 Å². The summed E-state index contributed by atoms with van der Waals surface area (Å²) in [7, 11) is 0. The molecular formula is C11H16NY+2. The summed E-state index contributed by atoms with van der Waals surface area (Å²) < 4.78 is 0. The molecule has 0 fully saturated rings. The van der Waals surface area contributed by atoms with Gasteiger partial charge in [-0.15, -0.1) is 0 Å². The second-order valence-electron chi connectivity index (χ2n) is 2.77. The summed E-state index contributed by atoms with van der Waals surface area (Å²) in [5.41, 5.74) is 1.30. The molecule has 0 spiro atoms. The van der Waals surface area contributed by atoms with Crippen LogP contribution in [0.3, 0.4) is 0 Å². The monoisotopic (exact) mass is 251 g/mol. The fourth-order valence-electron chi connectivity index (χ4n) is 1.30. The largest absolute Gasteiger partial charge is 3.00 e. The summed E-state index contributed by atoms with van der Waals surface area (Å²) in [6.07, 6.45) is 0.961. The van der Waals surface area contributed by atoms with E-state index in [4.69, 9.17) is 0 Å². The van der Waals surface area contributed by atoms with E-state index in [1.165, 1.54) is 5.69 Å². The van der Waals surface area contributed by atoms with Crippen molar-refractivity contribution < 1.29 is 32.7 Å². The molecule has 0 radical (unpaired) electrons. The Hall–Kier alpha value is 0.124. The quantitative estimate of drug-likeness (QED) is 0.744. The Labute approximate surface area is 106 Å². The molecule has 2 heteroatoms. The summed E-state index contributed by atoms with van der Waals surface area (Å²) in [6.45, 7) is 8.12. The van der Waals surface area contributed by atoms with Gasteiger partial charge in [-0.3, -0.25) is 0 Å². The van der Waals surface area contributed by atoms with E-state index in [1.54, 1.807) is 0 Å². The third-order valence-corrected chi connectivity index (χ3v) is 1.93. The van der Waals surface area contributed by atoms with Crippen molar-refractivity contribution >= 4 is 5.69 Å². The van der Waals surface area contributed by atoms with Gasteiger partial charge in [-0.25, -0.2) is 0 Å². The normalized spacial score (nSPS) is 9.08. The molecule has 13 heavy (non-hydrogen) atoms. The molecule has 0 amide bonds. The molecule has 0 aliphatic heterocycles. The predicted octanol–water partition coefficient (Wildman–Crippen LogP) is 2.73. The smallest absolute Gasteiger partial charge is 0.374 e. The summed E-state index contributed by atoms with van der Waals surface area (Å²) >= 11 is 0. The van der Waals surface area contributed by atoms with Gasteiger partial charge in [0, 0.05) is 12.2 Å². The standard InChI is InChI=1S/C11H16N.Y/c1-3-10-12(4-2)11-8-6-5-7-9-11;/h5-9H,1,3-4,10H2,2H3;/q-1;+3. The maximum absolute atomic E-state index is 3.86. The molecule has 0 heterocycles. The van der Waals surface area contributed by atoms with Crippen LogP contribution in [0.25, 0.3) is 0 Å². The summed E-state index contributed by atoms with van der Waals surface area (Å²) in [4.78, 5) is 2.33. The molecule has 0 aromatic heterocycles. The van der Waals surface area contributed by atoms with E-state index in [9.17, 15) is 0 Å². The van der Waals surface area contributed by atoms with Crippen LogP contribution in [0.15, 0.2) is 30.3 Å². The third-order valence-electron chi connectivity index (χ3n) is 1.93. The maximum Gasteiger partial charge on any atom is 3.00 e. The predicted molar refractivity (Wildman–Crippen MR) is 54.3 cm³/mol. The van der Waals surface area contributed by atoms with Crippen molar-refractivity contribution in [3.63, 3.8) is 0 Å². The second-order valence-corrected chi connectivity index (χ2v) is 2.77. The van der Waals surface area contributed by atoms with E-state index < -0.39 is 0 Å². The first-order chi connectivity index (χ1) is 5.88. The molecule has 1 aromatic rings. The van der Waals surface area contributed by atoms with Crippen molar-refractivity contribution in [3.05, 3.63) is 37.3 Å². The van der Waals surface area contributed by atoms with Gasteiger partial charge in [0.2, 0.25) is 0 Å². The minimum Gasteiger partial charge on any atom is -0.374 e. The number of anilines is 1. The number of nitrogens with zero attached hydrogens (tertiary/aromatic N) is 1. The topological polar surface area (TPSA) is 3.24 Å². The van der Waals surface area contributed by atoms with E-state index >= 15 is 0 Å². The van der Waals surface area contributed by atoms with Gasteiger partial charge in [0.25, 0.3) is 0 Å². The van der Waals surface area contributed by atoms with Gasteiger partial charge in [0.05, 0.1) is 0 Å². The fourth-order valence-corrected chi connectivity index (χ4v) is 1.30. The molecule has 0 saturated heterocycles. The van der Waals surface area contributed by atoms with Crippen molar-refractivity contribution in [1.82, 2.24) is 0 Å². The van der Waals surface area contributed by atoms with Crippen LogP contribution in [0, 0.1) is 6.92 Å². The average Bonchev–Trinajstić information content (AvgIpc) is 2.15. The number of para-hydroxylation sites is 1. The van der Waals surface area contributed by atoms with Crippen LogP contribution in [-0.2, 0) is 32.7 Å². The maximum atomic E-state index is 3.86. The van der Waals surface area contributed by atoms with Crippen molar-refractivity contribution in [3.8, 4) is 0 Å². The molecule has 0 bridgehead atoms. The van der Waals surface area contributed by atoms with Crippen LogP contribution >= 0.6 is 0 Å². The number of hydrogen-bond acceptors (Lipinski definition) is 1. The molecule has 0 aliphatic carbocycles. The molecule has 1 rings (SSSR count). The van der Waals surface area contributed by atoms with E-state index in [0.717, 1.165) is 19.5 Å². The molecule has 0 unspecified atom stereocenters. The third kappa shape index (κ3) is 4.24. The molecule has 1 aromatic carbocycles. The van der Waals surface area contributed by atoms with E-state index in [-0.39, 0.29) is 32.7 Å². The van der Waals surface area contributed by atoms with Crippen LogP contribution in [0.4, 0.5) is 5.69 Å². The van der Waals surface area contributed by atoms with Crippen LogP contribution in [-0.4, -0.2) is 13.1 Å². The summed E-state index contributed by atoms with van der Waals surface area (Å²) in [5.74, 6) is 0.